The van der Waals surface area contributed by atoms with Gasteiger partial charge in [-0.25, -0.2) is 4.98 Å². The van der Waals surface area contributed by atoms with Gasteiger partial charge in [0.1, 0.15) is 0 Å². The molecular formula is C23H24F3N3O. The molecule has 0 bridgehead atoms. The molecule has 0 unspecified atom stereocenters. The molecule has 0 N–H and O–H groups in total. The molecule has 0 atom stereocenters. The van der Waals surface area contributed by atoms with Gasteiger partial charge in [0.15, 0.2) is 0 Å². The number of rotatable bonds is 3. The Bertz CT molecular complexity index is 1080. The average Bonchev–Trinajstić information content (AvgIpc) is 3.09. The summed E-state index contributed by atoms with van der Waals surface area (Å²) in [7, 11) is 0. The summed E-state index contributed by atoms with van der Waals surface area (Å²) in [5.41, 5.74) is 3.72. The lowest BCUT2D eigenvalue weighted by Gasteiger charge is -2.32. The molecule has 2 aromatic carbocycles. The van der Waals surface area contributed by atoms with Crippen LogP contribution in [0.25, 0.3) is 11.0 Å². The SMILES string of the molecule is Cc1ccc(C(=O)N2CCC(Cn3c(C(F)(F)F)nc4ccccc43)CC2)cc1C. The number of carbonyl (C=O) groups is 1. The summed E-state index contributed by atoms with van der Waals surface area (Å²) in [6, 6.07) is 12.4. The number of para-hydroxylation sites is 2. The largest absolute Gasteiger partial charge is 0.449 e. The van der Waals surface area contributed by atoms with Crippen LogP contribution in [0.15, 0.2) is 42.5 Å². The highest BCUT2D eigenvalue weighted by Gasteiger charge is 2.38. The fourth-order valence-corrected chi connectivity index (χ4v) is 4.11. The van der Waals surface area contributed by atoms with Gasteiger partial charge >= 0.3 is 6.18 Å². The second-order valence-electron chi connectivity index (χ2n) is 8.07. The van der Waals surface area contributed by atoms with Crippen molar-refractivity contribution in [3.8, 4) is 0 Å². The molecule has 0 radical (unpaired) electrons. The van der Waals surface area contributed by atoms with Gasteiger partial charge in [-0.1, -0.05) is 18.2 Å². The highest BCUT2D eigenvalue weighted by molar-refractivity contribution is 5.94. The Morgan fingerprint density at radius 1 is 1.07 bits per heavy atom. The van der Waals surface area contributed by atoms with E-state index in [0.717, 1.165) is 11.1 Å². The van der Waals surface area contributed by atoms with E-state index >= 15 is 0 Å². The van der Waals surface area contributed by atoms with E-state index in [1.807, 2.05) is 32.0 Å². The van der Waals surface area contributed by atoms with E-state index in [1.165, 1.54) is 4.57 Å². The fraction of sp³-hybridized carbons (Fsp3) is 0.391. The minimum atomic E-state index is -4.50. The van der Waals surface area contributed by atoms with Crippen LogP contribution in [0, 0.1) is 19.8 Å². The van der Waals surface area contributed by atoms with E-state index in [-0.39, 0.29) is 18.4 Å². The quantitative estimate of drug-likeness (QED) is 0.588. The van der Waals surface area contributed by atoms with Crippen molar-refractivity contribution in [2.24, 2.45) is 5.92 Å². The minimum Gasteiger partial charge on any atom is -0.339 e. The van der Waals surface area contributed by atoms with Crippen LogP contribution >= 0.6 is 0 Å². The van der Waals surface area contributed by atoms with Crippen molar-refractivity contribution in [3.63, 3.8) is 0 Å². The number of fused-ring (bicyclic) bond motifs is 1. The van der Waals surface area contributed by atoms with Gasteiger partial charge in [0, 0.05) is 25.2 Å². The number of carbonyl (C=O) groups excluding carboxylic acids is 1. The molecule has 2 heterocycles. The second kappa shape index (κ2) is 7.78. The first-order valence-corrected chi connectivity index (χ1v) is 10.1. The monoisotopic (exact) mass is 415 g/mol. The van der Waals surface area contributed by atoms with Gasteiger partial charge in [0.05, 0.1) is 11.0 Å². The first kappa shape index (κ1) is 20.4. The number of alkyl halides is 3. The summed E-state index contributed by atoms with van der Waals surface area (Å²) in [6.07, 6.45) is -3.17. The molecule has 1 aliphatic rings. The lowest BCUT2D eigenvalue weighted by Crippen LogP contribution is -2.39. The maximum atomic E-state index is 13.5. The number of aryl methyl sites for hydroxylation is 2. The first-order chi connectivity index (χ1) is 14.2. The maximum absolute atomic E-state index is 13.5. The van der Waals surface area contributed by atoms with Crippen molar-refractivity contribution in [3.05, 3.63) is 65.0 Å². The Balaban J connectivity index is 1.48. The van der Waals surface area contributed by atoms with Gasteiger partial charge in [0.25, 0.3) is 5.91 Å². The number of amides is 1. The van der Waals surface area contributed by atoms with Gasteiger partial charge < -0.3 is 9.47 Å². The van der Waals surface area contributed by atoms with Crippen LogP contribution in [0.4, 0.5) is 13.2 Å². The van der Waals surface area contributed by atoms with E-state index in [9.17, 15) is 18.0 Å². The van der Waals surface area contributed by atoms with Crippen molar-refractivity contribution in [1.82, 2.24) is 14.5 Å². The summed E-state index contributed by atoms with van der Waals surface area (Å²) in [5, 5.41) is 0. The fourth-order valence-electron chi connectivity index (χ4n) is 4.11. The number of nitrogens with zero attached hydrogens (tertiary/aromatic N) is 3. The minimum absolute atomic E-state index is 0.0133. The van der Waals surface area contributed by atoms with Crippen LogP contribution in [-0.4, -0.2) is 33.4 Å². The highest BCUT2D eigenvalue weighted by atomic mass is 19.4. The van der Waals surface area contributed by atoms with Gasteiger partial charge in [0.2, 0.25) is 5.82 Å². The predicted molar refractivity (Wildman–Crippen MR) is 109 cm³/mol. The molecule has 30 heavy (non-hydrogen) atoms. The van der Waals surface area contributed by atoms with Gasteiger partial charge in [-0.3, -0.25) is 4.79 Å². The molecule has 1 saturated heterocycles. The average molecular weight is 415 g/mol. The molecule has 3 aromatic rings. The van der Waals surface area contributed by atoms with Gasteiger partial charge in [-0.05, 0) is 68.0 Å². The standard InChI is InChI=1S/C23H24F3N3O/c1-15-7-8-18(13-16(15)2)21(30)28-11-9-17(10-12-28)14-29-20-6-4-3-5-19(20)27-22(29)23(24,25)26/h3-8,13,17H,9-12,14H2,1-2H3. The summed E-state index contributed by atoms with van der Waals surface area (Å²) in [4.78, 5) is 18.4. The number of halogens is 3. The number of aromatic nitrogens is 2. The van der Waals surface area contributed by atoms with E-state index in [2.05, 4.69) is 4.98 Å². The van der Waals surface area contributed by atoms with E-state index in [1.54, 1.807) is 29.2 Å². The molecule has 158 valence electrons. The van der Waals surface area contributed by atoms with Crippen molar-refractivity contribution in [2.45, 2.75) is 39.4 Å². The number of hydrogen-bond donors (Lipinski definition) is 0. The predicted octanol–water partition coefficient (Wildman–Crippen LogP) is 5.22. The summed E-state index contributed by atoms with van der Waals surface area (Å²) < 4.78 is 41.9. The molecule has 0 saturated carbocycles. The van der Waals surface area contributed by atoms with E-state index in [0.29, 0.717) is 42.5 Å². The number of benzene rings is 2. The van der Waals surface area contributed by atoms with Gasteiger partial charge in [-0.15, -0.1) is 0 Å². The van der Waals surface area contributed by atoms with E-state index in [4.69, 9.17) is 0 Å². The lowest BCUT2D eigenvalue weighted by atomic mass is 9.95. The van der Waals surface area contributed by atoms with Crippen molar-refractivity contribution in [1.29, 1.82) is 0 Å². The van der Waals surface area contributed by atoms with Crippen LogP contribution < -0.4 is 0 Å². The molecule has 4 nitrogen and oxygen atoms in total. The Morgan fingerprint density at radius 3 is 2.43 bits per heavy atom. The number of hydrogen-bond acceptors (Lipinski definition) is 2. The molecule has 1 aromatic heterocycles. The van der Waals surface area contributed by atoms with Crippen LogP contribution in [-0.2, 0) is 12.7 Å². The van der Waals surface area contributed by atoms with Crippen molar-refractivity contribution >= 4 is 16.9 Å². The number of piperidine rings is 1. The zero-order valence-corrected chi connectivity index (χ0v) is 17.0. The zero-order chi connectivity index (χ0) is 21.5. The molecule has 1 aliphatic heterocycles. The molecule has 1 fully saturated rings. The summed E-state index contributed by atoms with van der Waals surface area (Å²) in [6.45, 7) is 5.33. The third-order valence-electron chi connectivity index (χ3n) is 6.00. The Morgan fingerprint density at radius 2 is 1.77 bits per heavy atom. The third kappa shape index (κ3) is 3.93. The first-order valence-electron chi connectivity index (χ1n) is 10.1. The molecular weight excluding hydrogens is 391 g/mol. The van der Waals surface area contributed by atoms with E-state index < -0.39 is 12.0 Å². The summed E-state index contributed by atoms with van der Waals surface area (Å²) in [5.74, 6) is -0.801. The van der Waals surface area contributed by atoms with Crippen LogP contribution in [0.5, 0.6) is 0 Å². The highest BCUT2D eigenvalue weighted by Crippen LogP contribution is 2.33. The Hall–Kier alpha value is -2.83. The zero-order valence-electron chi connectivity index (χ0n) is 17.0. The van der Waals surface area contributed by atoms with Crippen LogP contribution in [0.2, 0.25) is 0 Å². The second-order valence-corrected chi connectivity index (χ2v) is 8.07. The smallest absolute Gasteiger partial charge is 0.339 e. The van der Waals surface area contributed by atoms with Gasteiger partial charge in [-0.2, -0.15) is 13.2 Å². The Kier molecular flexibility index (Phi) is 5.30. The molecule has 1 amide bonds. The number of imidazole rings is 1. The molecule has 7 heteroatoms. The lowest BCUT2D eigenvalue weighted by molar-refractivity contribution is -0.147. The van der Waals surface area contributed by atoms with Crippen molar-refractivity contribution in [2.75, 3.05) is 13.1 Å². The molecule has 4 rings (SSSR count). The Labute approximate surface area is 173 Å². The topological polar surface area (TPSA) is 38.1 Å². The van der Waals surface area contributed by atoms with Crippen LogP contribution in [0.1, 0.15) is 40.2 Å². The summed E-state index contributed by atoms with van der Waals surface area (Å²) >= 11 is 0. The molecule has 0 spiro atoms. The molecule has 0 aliphatic carbocycles. The maximum Gasteiger partial charge on any atom is 0.449 e. The van der Waals surface area contributed by atoms with Crippen LogP contribution in [0.3, 0.4) is 0 Å². The normalized spacial score (nSPS) is 15.7. The van der Waals surface area contributed by atoms with Crippen molar-refractivity contribution < 1.29 is 18.0 Å². The third-order valence-corrected chi connectivity index (χ3v) is 6.00. The number of likely N-dealkylation sites (tertiary alicyclic amines) is 1.